The van der Waals surface area contributed by atoms with Gasteiger partial charge in [-0.25, -0.2) is 6.08 Å². The molecule has 0 aliphatic carbocycles. The van der Waals surface area contributed by atoms with Crippen molar-refractivity contribution < 1.29 is 31.1 Å². The van der Waals surface area contributed by atoms with Crippen LogP contribution in [0.3, 0.4) is 0 Å². The summed E-state index contributed by atoms with van der Waals surface area (Å²) in [5.41, 5.74) is 4.22. The Kier molecular flexibility index (Phi) is 4.15. The van der Waals surface area contributed by atoms with Crippen molar-refractivity contribution in [2.24, 2.45) is 9.98 Å². The van der Waals surface area contributed by atoms with E-state index in [4.69, 9.17) is 0 Å². The molecule has 0 bridgehead atoms. The minimum Gasteiger partial charge on any atom is -0.346 e. The van der Waals surface area contributed by atoms with Gasteiger partial charge in [-0.1, -0.05) is 35.7 Å². The fraction of sp³-hybridized carbons (Fsp3) is 0.143. The molecule has 2 nitrogen and oxygen atoms in total. The number of fused-ring (bicyclic) bond motifs is 1. The van der Waals surface area contributed by atoms with Crippen LogP contribution in [-0.2, 0) is 6.42 Å². The monoisotopic (exact) mass is 445 g/mol. The number of hydrogen-bond donors (Lipinski definition) is 0. The van der Waals surface area contributed by atoms with Crippen LogP contribution in [0.15, 0.2) is 52.6 Å². The van der Waals surface area contributed by atoms with E-state index in [9.17, 15) is 0 Å². The maximum Gasteiger partial charge on any atom is 0.0443 e. The SMILES string of the molecule is [C-]1=CCC=CN=C1C1=Nc2ccccc2C1.[U]. The zero-order valence-corrected chi connectivity index (χ0v) is 13.5. The molecule has 0 N–H and O–H groups in total. The average molecular weight is 445 g/mol. The van der Waals surface area contributed by atoms with Gasteiger partial charge in [0.25, 0.3) is 0 Å². The molecule has 1 aromatic carbocycles. The molecule has 3 heteroatoms. The van der Waals surface area contributed by atoms with E-state index in [1.165, 1.54) is 5.56 Å². The van der Waals surface area contributed by atoms with E-state index in [0.717, 1.165) is 30.0 Å². The Balaban J connectivity index is 0.00000108. The third-order valence-corrected chi connectivity index (χ3v) is 2.68. The van der Waals surface area contributed by atoms with Crippen molar-refractivity contribution in [1.29, 1.82) is 0 Å². The van der Waals surface area contributed by atoms with Gasteiger partial charge < -0.3 is 4.99 Å². The first-order valence-electron chi connectivity index (χ1n) is 5.40. The Bertz CT molecular complexity index is 539. The molecule has 2 aliphatic rings. The van der Waals surface area contributed by atoms with Crippen molar-refractivity contribution in [1.82, 2.24) is 0 Å². The molecule has 0 fully saturated rings. The van der Waals surface area contributed by atoms with E-state index in [2.05, 4.69) is 22.1 Å². The van der Waals surface area contributed by atoms with Crippen molar-refractivity contribution in [2.45, 2.75) is 12.8 Å². The second-order valence-corrected chi connectivity index (χ2v) is 3.81. The Morgan fingerprint density at radius 2 is 2.06 bits per heavy atom. The van der Waals surface area contributed by atoms with Gasteiger partial charge in [-0.2, -0.15) is 6.08 Å². The van der Waals surface area contributed by atoms with Gasteiger partial charge in [0, 0.05) is 43.0 Å². The van der Waals surface area contributed by atoms with E-state index in [-0.39, 0.29) is 31.1 Å². The van der Waals surface area contributed by atoms with E-state index < -0.39 is 0 Å². The molecule has 0 saturated carbocycles. The Morgan fingerprint density at radius 3 is 2.94 bits per heavy atom. The van der Waals surface area contributed by atoms with Gasteiger partial charge in [0.1, 0.15) is 0 Å². The van der Waals surface area contributed by atoms with Crippen LogP contribution >= 0.6 is 0 Å². The number of para-hydroxylation sites is 1. The zero-order valence-electron chi connectivity index (χ0n) is 9.35. The number of allylic oxidation sites excluding steroid dienone is 3. The molecule has 3 rings (SSSR count). The van der Waals surface area contributed by atoms with Crippen LogP contribution in [0.1, 0.15) is 12.0 Å². The maximum absolute atomic E-state index is 4.59. The Labute approximate surface area is 125 Å². The molecule has 0 spiro atoms. The molecule has 0 saturated heterocycles. The predicted octanol–water partition coefficient (Wildman–Crippen LogP) is 3.03. The smallest absolute Gasteiger partial charge is 0.0443 e. The zero-order chi connectivity index (χ0) is 10.8. The maximum atomic E-state index is 4.59. The molecule has 0 radical (unpaired) electrons. The summed E-state index contributed by atoms with van der Waals surface area (Å²) in [7, 11) is 0. The van der Waals surface area contributed by atoms with Crippen LogP contribution in [-0.4, -0.2) is 11.4 Å². The summed E-state index contributed by atoms with van der Waals surface area (Å²) >= 11 is 0. The number of benzene rings is 1. The van der Waals surface area contributed by atoms with E-state index in [1.807, 2.05) is 36.6 Å². The molecule has 0 atom stereocenters. The summed E-state index contributed by atoms with van der Waals surface area (Å²) in [5, 5.41) is 0. The largest absolute Gasteiger partial charge is 0.346 e. The second-order valence-electron chi connectivity index (χ2n) is 3.81. The Morgan fingerprint density at radius 1 is 1.18 bits per heavy atom. The molecule has 2 aliphatic heterocycles. The van der Waals surface area contributed by atoms with Crippen LogP contribution in [0.25, 0.3) is 0 Å². The fourth-order valence-corrected chi connectivity index (χ4v) is 1.88. The number of nitrogens with zero attached hydrogens (tertiary/aromatic N) is 2. The van der Waals surface area contributed by atoms with Crippen molar-refractivity contribution >= 4 is 17.1 Å². The molecule has 1 aromatic rings. The first kappa shape index (κ1) is 12.5. The van der Waals surface area contributed by atoms with E-state index in [0.29, 0.717) is 0 Å². The summed E-state index contributed by atoms with van der Waals surface area (Å²) in [6.45, 7) is 0. The van der Waals surface area contributed by atoms with Crippen LogP contribution < -0.4 is 0 Å². The summed E-state index contributed by atoms with van der Waals surface area (Å²) in [4.78, 5) is 8.94. The van der Waals surface area contributed by atoms with Crippen molar-refractivity contribution in [3.63, 3.8) is 0 Å². The van der Waals surface area contributed by atoms with Crippen molar-refractivity contribution in [3.8, 4) is 0 Å². The van der Waals surface area contributed by atoms with Gasteiger partial charge in [-0.3, -0.25) is 4.99 Å². The fourth-order valence-electron chi connectivity index (χ4n) is 1.88. The van der Waals surface area contributed by atoms with Gasteiger partial charge in [-0.05, 0) is 24.5 Å². The standard InChI is InChI=1S/C14H11N2.U/c1-2-8-13(15-9-5-1)14-10-11-6-3-4-7-12(11)16-14;/h2-7,9H,1,10H2;/q-1;. The van der Waals surface area contributed by atoms with Crippen LogP contribution in [0.4, 0.5) is 5.69 Å². The molecule has 82 valence electrons. The van der Waals surface area contributed by atoms with Crippen LogP contribution in [0.5, 0.6) is 0 Å². The third-order valence-electron chi connectivity index (χ3n) is 2.68. The summed E-state index contributed by atoms with van der Waals surface area (Å²) in [6.07, 6.45) is 10.8. The first-order chi connectivity index (χ1) is 7.93. The van der Waals surface area contributed by atoms with Gasteiger partial charge in [0.15, 0.2) is 0 Å². The summed E-state index contributed by atoms with van der Waals surface area (Å²) < 4.78 is 0. The van der Waals surface area contributed by atoms with Crippen LogP contribution in [0, 0.1) is 37.2 Å². The number of hydrogen-bond acceptors (Lipinski definition) is 2. The minimum absolute atomic E-state index is 0. The van der Waals surface area contributed by atoms with E-state index in [1.54, 1.807) is 0 Å². The van der Waals surface area contributed by atoms with Gasteiger partial charge in [0.2, 0.25) is 0 Å². The van der Waals surface area contributed by atoms with Crippen LogP contribution in [0.2, 0.25) is 0 Å². The Hall–Kier alpha value is -0.908. The minimum atomic E-state index is 0. The summed E-state index contributed by atoms with van der Waals surface area (Å²) in [5.74, 6) is 0. The van der Waals surface area contributed by atoms with Gasteiger partial charge in [0.05, 0.1) is 0 Å². The van der Waals surface area contributed by atoms with Gasteiger partial charge >= 0.3 is 0 Å². The van der Waals surface area contributed by atoms with Gasteiger partial charge in [-0.15, -0.1) is 0 Å². The molecular formula is C14H11N2U-. The number of rotatable bonds is 1. The molecule has 0 unspecified atom stereocenters. The average Bonchev–Trinajstić information content (AvgIpc) is 2.56. The second kappa shape index (κ2) is 5.62. The first-order valence-corrected chi connectivity index (χ1v) is 5.40. The van der Waals surface area contributed by atoms with Crippen molar-refractivity contribution in [3.05, 3.63) is 54.3 Å². The number of aliphatic imine (C=N–C) groups is 2. The molecule has 0 amide bonds. The topological polar surface area (TPSA) is 24.7 Å². The molecule has 2 heterocycles. The van der Waals surface area contributed by atoms with Crippen molar-refractivity contribution in [2.75, 3.05) is 0 Å². The van der Waals surface area contributed by atoms with E-state index >= 15 is 0 Å². The summed E-state index contributed by atoms with van der Waals surface area (Å²) in [6, 6.07) is 8.22. The molecule has 17 heavy (non-hydrogen) atoms. The normalized spacial score (nSPS) is 16.7. The third kappa shape index (κ3) is 2.68. The quantitative estimate of drug-likeness (QED) is 0.594. The predicted molar refractivity (Wildman–Crippen MR) is 66.2 cm³/mol. The molecular weight excluding hydrogens is 434 g/mol. The molecule has 0 aromatic heterocycles.